The van der Waals surface area contributed by atoms with Gasteiger partial charge in [0.1, 0.15) is 5.60 Å². The molecule has 0 saturated carbocycles. The van der Waals surface area contributed by atoms with E-state index in [1.165, 1.54) is 17.5 Å². The van der Waals surface area contributed by atoms with Crippen LogP contribution in [-0.2, 0) is 10.3 Å². The third-order valence-corrected chi connectivity index (χ3v) is 7.41. The van der Waals surface area contributed by atoms with Crippen LogP contribution >= 0.6 is 0 Å². The van der Waals surface area contributed by atoms with Crippen molar-refractivity contribution in [2.75, 3.05) is 39.3 Å². The van der Waals surface area contributed by atoms with Crippen molar-refractivity contribution < 1.29 is 18.3 Å². The number of likely N-dealkylation sites (tertiary alicyclic amines) is 1. The van der Waals surface area contributed by atoms with Crippen LogP contribution in [-0.4, -0.2) is 55.0 Å². The van der Waals surface area contributed by atoms with E-state index in [1.807, 2.05) is 24.3 Å². The third-order valence-electron chi connectivity index (χ3n) is 7.41. The van der Waals surface area contributed by atoms with E-state index >= 15 is 0 Å². The summed E-state index contributed by atoms with van der Waals surface area (Å²) in [6.45, 7) is 3.70. The Balaban J connectivity index is 1.32. The number of benzene rings is 3. The molecular weight excluding hydrogens is 458 g/mol. The molecule has 2 aliphatic heterocycles. The standard InChI is InChI=1S/C30H31F2N2O2/c31-27-12-11-26(21-28(27)32)30(22-34(19-20-36-30)29(35)25-9-5-2-6-10-25)15-18-33-16-13-24(14-17-33)23-7-3-1-4-8-23/h1-12,21H,13-20,22H2. The molecular formula is C30H31F2N2O2. The summed E-state index contributed by atoms with van der Waals surface area (Å²) in [6, 6.07) is 23.6. The zero-order valence-corrected chi connectivity index (χ0v) is 20.3. The lowest BCUT2D eigenvalue weighted by Gasteiger charge is -2.44. The van der Waals surface area contributed by atoms with Gasteiger partial charge in [-0.15, -0.1) is 0 Å². The third kappa shape index (κ3) is 5.35. The Hall–Kier alpha value is -3.09. The molecule has 0 bridgehead atoms. The predicted octanol–water partition coefficient (Wildman–Crippen LogP) is 5.44. The number of amides is 1. The zero-order valence-electron chi connectivity index (χ0n) is 20.3. The van der Waals surface area contributed by atoms with Crippen molar-refractivity contribution in [1.82, 2.24) is 9.80 Å². The fraction of sp³-hybridized carbons (Fsp3) is 0.333. The van der Waals surface area contributed by atoms with Gasteiger partial charge < -0.3 is 14.5 Å². The van der Waals surface area contributed by atoms with Gasteiger partial charge in [0, 0.05) is 24.6 Å². The largest absolute Gasteiger partial charge is 0.367 e. The first-order chi connectivity index (χ1) is 17.5. The maximum absolute atomic E-state index is 14.3. The van der Waals surface area contributed by atoms with Crippen molar-refractivity contribution in [2.45, 2.75) is 24.9 Å². The second-order valence-corrected chi connectivity index (χ2v) is 9.63. The Morgan fingerprint density at radius 1 is 0.861 bits per heavy atom. The monoisotopic (exact) mass is 489 g/mol. The lowest BCUT2D eigenvalue weighted by atomic mass is 9.86. The van der Waals surface area contributed by atoms with Crippen LogP contribution in [0.5, 0.6) is 0 Å². The summed E-state index contributed by atoms with van der Waals surface area (Å²) in [4.78, 5) is 17.4. The Bertz CT molecular complexity index is 1170. The van der Waals surface area contributed by atoms with Gasteiger partial charge in [-0.3, -0.25) is 4.79 Å². The van der Waals surface area contributed by atoms with Crippen LogP contribution in [0.15, 0.2) is 78.9 Å². The number of rotatable bonds is 6. The summed E-state index contributed by atoms with van der Waals surface area (Å²) in [5, 5.41) is 0. The molecule has 2 saturated heterocycles. The number of carbonyl (C=O) groups is 1. The minimum Gasteiger partial charge on any atom is -0.367 e. The van der Waals surface area contributed by atoms with Gasteiger partial charge in [0.2, 0.25) is 0 Å². The number of hydrogen-bond acceptors (Lipinski definition) is 3. The zero-order chi connectivity index (χ0) is 25.0. The molecule has 1 atom stereocenters. The molecule has 0 aromatic heterocycles. The van der Waals surface area contributed by atoms with Crippen LogP contribution in [0, 0.1) is 17.6 Å². The van der Waals surface area contributed by atoms with E-state index in [0.717, 1.165) is 38.5 Å². The Labute approximate surface area is 211 Å². The van der Waals surface area contributed by atoms with Gasteiger partial charge in [-0.25, -0.2) is 8.78 Å². The van der Waals surface area contributed by atoms with E-state index in [4.69, 9.17) is 4.74 Å². The molecule has 1 radical (unpaired) electrons. The second kappa shape index (κ2) is 10.9. The number of piperidine rings is 1. The van der Waals surface area contributed by atoms with Crippen molar-refractivity contribution >= 4 is 5.91 Å². The lowest BCUT2D eigenvalue weighted by molar-refractivity contribution is -0.113. The number of nitrogens with zero attached hydrogens (tertiary/aromatic N) is 2. The highest BCUT2D eigenvalue weighted by Crippen LogP contribution is 2.36. The number of hydrogen-bond donors (Lipinski definition) is 0. The highest BCUT2D eigenvalue weighted by molar-refractivity contribution is 5.94. The lowest BCUT2D eigenvalue weighted by Crippen LogP contribution is -2.53. The maximum atomic E-state index is 14.3. The van der Waals surface area contributed by atoms with Crippen LogP contribution in [0.2, 0.25) is 0 Å². The SMILES string of the molecule is O=C(c1ccccc1)N1CCOC(CCN2CC[C](c3ccccc3)CC2)(c2ccc(F)c(F)c2)C1. The number of ether oxygens (including phenoxy) is 1. The molecule has 1 amide bonds. The molecule has 5 rings (SSSR count). The number of morpholine rings is 1. The maximum Gasteiger partial charge on any atom is 0.254 e. The molecule has 6 heteroatoms. The van der Waals surface area contributed by atoms with Gasteiger partial charge in [0.15, 0.2) is 11.6 Å². The molecule has 4 nitrogen and oxygen atoms in total. The van der Waals surface area contributed by atoms with Gasteiger partial charge in [-0.05, 0) is 67.7 Å². The van der Waals surface area contributed by atoms with E-state index in [0.29, 0.717) is 37.2 Å². The molecule has 2 fully saturated rings. The summed E-state index contributed by atoms with van der Waals surface area (Å²) in [7, 11) is 0. The average Bonchev–Trinajstić information content (AvgIpc) is 2.94. The normalized spacial score (nSPS) is 21.4. The predicted molar refractivity (Wildman–Crippen MR) is 135 cm³/mol. The molecule has 0 aliphatic carbocycles. The Morgan fingerprint density at radius 2 is 1.56 bits per heavy atom. The second-order valence-electron chi connectivity index (χ2n) is 9.63. The molecule has 0 N–H and O–H groups in total. The highest BCUT2D eigenvalue weighted by Gasteiger charge is 2.41. The average molecular weight is 490 g/mol. The summed E-state index contributed by atoms with van der Waals surface area (Å²) < 4.78 is 34.4. The van der Waals surface area contributed by atoms with Gasteiger partial charge in [-0.1, -0.05) is 54.6 Å². The molecule has 1 unspecified atom stereocenters. The fourth-order valence-corrected chi connectivity index (χ4v) is 5.32. The quantitative estimate of drug-likeness (QED) is 0.462. The summed E-state index contributed by atoms with van der Waals surface area (Å²) in [5.41, 5.74) is 1.58. The van der Waals surface area contributed by atoms with Crippen LogP contribution in [0.3, 0.4) is 0 Å². The minimum atomic E-state index is -0.902. The van der Waals surface area contributed by atoms with Crippen LogP contribution in [0.1, 0.15) is 40.7 Å². The van der Waals surface area contributed by atoms with Crippen LogP contribution < -0.4 is 0 Å². The molecule has 2 heterocycles. The summed E-state index contributed by atoms with van der Waals surface area (Å²) >= 11 is 0. The topological polar surface area (TPSA) is 32.8 Å². The molecule has 3 aromatic carbocycles. The molecule has 187 valence electrons. The van der Waals surface area contributed by atoms with Crippen LogP contribution in [0.4, 0.5) is 8.78 Å². The van der Waals surface area contributed by atoms with E-state index in [9.17, 15) is 13.6 Å². The first-order valence-corrected chi connectivity index (χ1v) is 12.6. The van der Waals surface area contributed by atoms with Crippen LogP contribution in [0.25, 0.3) is 0 Å². The summed E-state index contributed by atoms with van der Waals surface area (Å²) in [5.74, 6) is -0.398. The smallest absolute Gasteiger partial charge is 0.254 e. The first-order valence-electron chi connectivity index (χ1n) is 12.6. The minimum absolute atomic E-state index is 0.0778. The van der Waals surface area contributed by atoms with Crippen molar-refractivity contribution in [3.8, 4) is 0 Å². The Morgan fingerprint density at radius 3 is 2.25 bits per heavy atom. The molecule has 36 heavy (non-hydrogen) atoms. The van der Waals surface area contributed by atoms with Crippen molar-refractivity contribution in [2.24, 2.45) is 0 Å². The van der Waals surface area contributed by atoms with Gasteiger partial charge in [-0.2, -0.15) is 0 Å². The van der Waals surface area contributed by atoms with Gasteiger partial charge in [0.05, 0.1) is 13.2 Å². The van der Waals surface area contributed by atoms with E-state index in [1.54, 1.807) is 23.1 Å². The molecule has 2 aliphatic rings. The highest BCUT2D eigenvalue weighted by atomic mass is 19.2. The molecule has 0 spiro atoms. The number of carbonyl (C=O) groups excluding carboxylic acids is 1. The first kappa shape index (κ1) is 24.6. The van der Waals surface area contributed by atoms with E-state index in [2.05, 4.69) is 29.2 Å². The summed E-state index contributed by atoms with van der Waals surface area (Å²) in [6.07, 6.45) is 2.58. The fourth-order valence-electron chi connectivity index (χ4n) is 5.32. The Kier molecular flexibility index (Phi) is 7.44. The molecule has 3 aromatic rings. The van der Waals surface area contributed by atoms with Crippen molar-refractivity contribution in [3.63, 3.8) is 0 Å². The van der Waals surface area contributed by atoms with Gasteiger partial charge in [0.25, 0.3) is 5.91 Å². The van der Waals surface area contributed by atoms with Crippen molar-refractivity contribution in [1.29, 1.82) is 0 Å². The van der Waals surface area contributed by atoms with E-state index < -0.39 is 17.2 Å². The van der Waals surface area contributed by atoms with Crippen molar-refractivity contribution in [3.05, 3.63) is 113 Å². The number of halogens is 2. The van der Waals surface area contributed by atoms with Gasteiger partial charge >= 0.3 is 0 Å². The van der Waals surface area contributed by atoms with E-state index in [-0.39, 0.29) is 5.91 Å².